The predicted molar refractivity (Wildman–Crippen MR) is 101 cm³/mol. The van der Waals surface area contributed by atoms with Gasteiger partial charge in [0.2, 0.25) is 17.7 Å². The number of carbonyl (C=O) groups is 3. The van der Waals surface area contributed by atoms with E-state index in [0.717, 1.165) is 6.42 Å². The lowest BCUT2D eigenvalue weighted by Crippen LogP contribution is -2.46. The monoisotopic (exact) mass is 363 g/mol. The lowest BCUT2D eigenvalue weighted by molar-refractivity contribution is -0.142. The first-order valence-corrected chi connectivity index (χ1v) is 8.67. The smallest absolute Gasteiger partial charge is 0.243 e. The number of nitrogens with zero attached hydrogens (tertiary/aromatic N) is 1. The Bertz CT molecular complexity index is 621. The zero-order valence-electron chi connectivity index (χ0n) is 16.2. The molecule has 0 aliphatic rings. The highest BCUT2D eigenvalue weighted by Crippen LogP contribution is 2.17. The van der Waals surface area contributed by atoms with Gasteiger partial charge in [-0.05, 0) is 30.7 Å². The summed E-state index contributed by atoms with van der Waals surface area (Å²) in [4.78, 5) is 37.9. The first kappa shape index (κ1) is 21.5. The summed E-state index contributed by atoms with van der Waals surface area (Å²) in [5.74, 6) is -0.0957. The predicted octanol–water partition coefficient (Wildman–Crippen LogP) is 2.03. The number of carbonyl (C=O) groups excluding carboxylic acids is 3. The van der Waals surface area contributed by atoms with Crippen LogP contribution in [0.5, 0.6) is 5.75 Å². The van der Waals surface area contributed by atoms with Crippen LogP contribution in [-0.4, -0.2) is 49.4 Å². The van der Waals surface area contributed by atoms with Gasteiger partial charge < -0.3 is 20.3 Å². The highest BCUT2D eigenvalue weighted by molar-refractivity contribution is 5.95. The van der Waals surface area contributed by atoms with E-state index in [9.17, 15) is 14.4 Å². The zero-order chi connectivity index (χ0) is 19.7. The molecule has 2 N–H and O–H groups in total. The Labute approximate surface area is 155 Å². The Kier molecular flexibility index (Phi) is 8.09. The maximum Gasteiger partial charge on any atom is 0.243 e. The van der Waals surface area contributed by atoms with Crippen molar-refractivity contribution < 1.29 is 19.1 Å². The van der Waals surface area contributed by atoms with Crippen molar-refractivity contribution in [1.82, 2.24) is 10.2 Å². The molecule has 144 valence electrons. The van der Waals surface area contributed by atoms with Crippen LogP contribution >= 0.6 is 0 Å². The number of nitrogens with one attached hydrogen (secondary N) is 2. The molecule has 0 spiro atoms. The molecule has 0 radical (unpaired) electrons. The van der Waals surface area contributed by atoms with Crippen molar-refractivity contribution in [2.45, 2.75) is 34.1 Å². The van der Waals surface area contributed by atoms with Crippen LogP contribution in [0.25, 0.3) is 0 Å². The molecule has 1 aromatic carbocycles. The molecule has 1 rings (SSSR count). The van der Waals surface area contributed by atoms with E-state index in [2.05, 4.69) is 10.6 Å². The second kappa shape index (κ2) is 9.79. The summed E-state index contributed by atoms with van der Waals surface area (Å²) in [6.07, 6.45) is 0.757. The minimum absolute atomic E-state index is 0.0558. The number of ether oxygens (including phenoxy) is 1. The van der Waals surface area contributed by atoms with Crippen LogP contribution < -0.4 is 15.4 Å². The third-order valence-corrected chi connectivity index (χ3v) is 3.58. The van der Waals surface area contributed by atoms with Gasteiger partial charge in [-0.25, -0.2) is 0 Å². The van der Waals surface area contributed by atoms with Crippen LogP contribution in [0.3, 0.4) is 0 Å². The molecule has 0 aromatic heterocycles. The summed E-state index contributed by atoms with van der Waals surface area (Å²) < 4.78 is 5.05. The van der Waals surface area contributed by atoms with E-state index in [1.54, 1.807) is 31.4 Å². The Morgan fingerprint density at radius 1 is 1.08 bits per heavy atom. The van der Waals surface area contributed by atoms with Crippen molar-refractivity contribution in [1.29, 1.82) is 0 Å². The van der Waals surface area contributed by atoms with Crippen molar-refractivity contribution in [2.24, 2.45) is 5.41 Å². The maximum absolute atomic E-state index is 12.4. The molecule has 0 bridgehead atoms. The Morgan fingerprint density at radius 3 is 2.19 bits per heavy atom. The lowest BCUT2D eigenvalue weighted by Gasteiger charge is -2.28. The lowest BCUT2D eigenvalue weighted by atomic mass is 9.94. The molecule has 7 heteroatoms. The SMILES string of the molecule is CCCN(CC(=O)NCC(=O)Nc1ccc(OC)cc1)C(=O)C(C)(C)C. The van der Waals surface area contributed by atoms with Crippen LogP contribution in [0.2, 0.25) is 0 Å². The molecule has 7 nitrogen and oxygen atoms in total. The second-order valence-electron chi connectivity index (χ2n) is 7.03. The van der Waals surface area contributed by atoms with Crippen molar-refractivity contribution >= 4 is 23.4 Å². The minimum atomic E-state index is -0.554. The first-order valence-electron chi connectivity index (χ1n) is 8.67. The van der Waals surface area contributed by atoms with Gasteiger partial charge in [-0.1, -0.05) is 27.7 Å². The summed E-state index contributed by atoms with van der Waals surface area (Å²) in [5, 5.41) is 5.24. The quantitative estimate of drug-likeness (QED) is 0.740. The minimum Gasteiger partial charge on any atom is -0.497 e. The standard InChI is InChI=1S/C19H29N3O4/c1-6-11-22(18(25)19(2,3)4)13-17(24)20-12-16(23)21-14-7-9-15(26-5)10-8-14/h7-10H,6,11-13H2,1-5H3,(H,20,24)(H,21,23). The topological polar surface area (TPSA) is 87.7 Å². The van der Waals surface area contributed by atoms with Gasteiger partial charge in [0, 0.05) is 17.6 Å². The molecular formula is C19H29N3O4. The van der Waals surface area contributed by atoms with Crippen molar-refractivity contribution in [2.75, 3.05) is 32.1 Å². The maximum atomic E-state index is 12.4. The summed E-state index contributed by atoms with van der Waals surface area (Å²) in [7, 11) is 1.56. The largest absolute Gasteiger partial charge is 0.497 e. The molecule has 0 saturated carbocycles. The number of rotatable bonds is 8. The Morgan fingerprint density at radius 2 is 1.69 bits per heavy atom. The number of amides is 3. The fraction of sp³-hybridized carbons (Fsp3) is 0.526. The number of methoxy groups -OCH3 is 1. The van der Waals surface area contributed by atoms with Crippen molar-refractivity contribution in [3.8, 4) is 5.75 Å². The summed E-state index contributed by atoms with van der Waals surface area (Å²) in [5.41, 5.74) is 0.0573. The van der Waals surface area contributed by atoms with Crippen LogP contribution in [0.15, 0.2) is 24.3 Å². The van der Waals surface area contributed by atoms with E-state index in [1.807, 2.05) is 27.7 Å². The fourth-order valence-corrected chi connectivity index (χ4v) is 2.28. The van der Waals surface area contributed by atoms with Gasteiger partial charge in [0.1, 0.15) is 5.75 Å². The molecule has 0 atom stereocenters. The van der Waals surface area contributed by atoms with E-state index >= 15 is 0 Å². The van der Waals surface area contributed by atoms with E-state index in [1.165, 1.54) is 4.90 Å². The molecule has 3 amide bonds. The van der Waals surface area contributed by atoms with Gasteiger partial charge in [0.25, 0.3) is 0 Å². The number of hydrogen-bond acceptors (Lipinski definition) is 4. The van der Waals surface area contributed by atoms with E-state index in [0.29, 0.717) is 18.0 Å². The molecule has 0 aliphatic heterocycles. The molecule has 0 saturated heterocycles. The Balaban J connectivity index is 2.50. The van der Waals surface area contributed by atoms with Gasteiger partial charge in [-0.2, -0.15) is 0 Å². The summed E-state index contributed by atoms with van der Waals surface area (Å²) >= 11 is 0. The highest BCUT2D eigenvalue weighted by atomic mass is 16.5. The van der Waals surface area contributed by atoms with E-state index in [4.69, 9.17) is 4.74 Å². The number of anilines is 1. The third kappa shape index (κ3) is 7.13. The van der Waals surface area contributed by atoms with Crippen LogP contribution in [0, 0.1) is 5.41 Å². The second-order valence-corrected chi connectivity index (χ2v) is 7.03. The molecule has 1 aromatic rings. The van der Waals surface area contributed by atoms with Crippen LogP contribution in [0.4, 0.5) is 5.69 Å². The van der Waals surface area contributed by atoms with Crippen molar-refractivity contribution in [3.63, 3.8) is 0 Å². The summed E-state index contributed by atoms with van der Waals surface area (Å²) in [6.45, 7) is 7.69. The fourth-order valence-electron chi connectivity index (χ4n) is 2.28. The van der Waals surface area contributed by atoms with Crippen LogP contribution in [0.1, 0.15) is 34.1 Å². The Hall–Kier alpha value is -2.57. The number of benzene rings is 1. The van der Waals surface area contributed by atoms with Crippen LogP contribution in [-0.2, 0) is 14.4 Å². The highest BCUT2D eigenvalue weighted by Gasteiger charge is 2.28. The van der Waals surface area contributed by atoms with Gasteiger partial charge in [-0.3, -0.25) is 14.4 Å². The third-order valence-electron chi connectivity index (χ3n) is 3.58. The summed E-state index contributed by atoms with van der Waals surface area (Å²) in [6, 6.07) is 6.89. The van der Waals surface area contributed by atoms with Gasteiger partial charge in [0.05, 0.1) is 20.2 Å². The molecular weight excluding hydrogens is 334 g/mol. The van der Waals surface area contributed by atoms with Gasteiger partial charge in [-0.15, -0.1) is 0 Å². The van der Waals surface area contributed by atoms with Crippen molar-refractivity contribution in [3.05, 3.63) is 24.3 Å². The average molecular weight is 363 g/mol. The molecule has 0 unspecified atom stereocenters. The van der Waals surface area contributed by atoms with Gasteiger partial charge in [0.15, 0.2) is 0 Å². The number of hydrogen-bond donors (Lipinski definition) is 2. The molecule has 0 heterocycles. The van der Waals surface area contributed by atoms with Gasteiger partial charge >= 0.3 is 0 Å². The molecule has 0 aliphatic carbocycles. The average Bonchev–Trinajstić information content (AvgIpc) is 2.59. The zero-order valence-corrected chi connectivity index (χ0v) is 16.2. The molecule has 26 heavy (non-hydrogen) atoms. The van der Waals surface area contributed by atoms with E-state index in [-0.39, 0.29) is 30.8 Å². The first-order chi connectivity index (χ1) is 12.2. The normalized spacial score (nSPS) is 10.8. The van der Waals surface area contributed by atoms with E-state index < -0.39 is 5.41 Å². The molecule has 0 fully saturated rings.